The number of thiophene rings is 2. The first-order valence-electron chi connectivity index (χ1n) is 3.56. The molecule has 0 bridgehead atoms. The third-order valence-corrected chi connectivity index (χ3v) is 5.71. The van der Waals surface area contributed by atoms with Crippen LogP contribution in [0.25, 0.3) is 0 Å². The molecule has 2 rings (SSSR count). The topological polar surface area (TPSA) is 40.9 Å². The monoisotopic (exact) mass is 229 g/mol. The second-order valence-corrected chi connectivity index (χ2v) is 6.46. The van der Waals surface area contributed by atoms with E-state index in [1.165, 1.54) is 22.7 Å². The first kappa shape index (κ1) is 8.93. The Morgan fingerprint density at radius 3 is 2.69 bits per heavy atom. The van der Waals surface area contributed by atoms with Gasteiger partial charge >= 0.3 is 0 Å². The summed E-state index contributed by atoms with van der Waals surface area (Å²) in [7, 11) is -2.72. The number of hydrogen-bond acceptors (Lipinski definition) is 4. The zero-order valence-corrected chi connectivity index (χ0v) is 9.05. The highest BCUT2D eigenvalue weighted by molar-refractivity contribution is 7.94. The van der Waals surface area contributed by atoms with Crippen LogP contribution in [0.1, 0.15) is 0 Å². The van der Waals surface area contributed by atoms with E-state index in [2.05, 4.69) is 0 Å². The predicted octanol–water partition coefficient (Wildman–Crippen LogP) is 3.27. The van der Waals surface area contributed by atoms with Crippen molar-refractivity contribution >= 4 is 32.4 Å². The van der Waals surface area contributed by atoms with Gasteiger partial charge in [-0.3, -0.25) is 0 Å². The molecule has 0 aliphatic carbocycles. The van der Waals surface area contributed by atoms with Crippen LogP contribution in [0.2, 0.25) is 0 Å². The van der Waals surface area contributed by atoms with Gasteiger partial charge in [-0.15, -0.1) is 11.3 Å². The number of hydrogen-bond donors (Lipinski definition) is 1. The van der Waals surface area contributed by atoms with Crippen LogP contribution in [-0.2, 0) is 9.73 Å². The largest absolute Gasteiger partial charge is 0.244 e. The van der Waals surface area contributed by atoms with Gasteiger partial charge in [-0.1, -0.05) is 6.07 Å². The molecule has 2 aromatic heterocycles. The fraction of sp³-hybridized carbons (Fsp3) is 0. The summed E-state index contributed by atoms with van der Waals surface area (Å²) in [5.41, 5.74) is 0. The summed E-state index contributed by atoms with van der Waals surface area (Å²) in [5, 5.41) is 5.46. The summed E-state index contributed by atoms with van der Waals surface area (Å²) >= 11 is 2.84. The van der Waals surface area contributed by atoms with E-state index in [1.54, 1.807) is 17.5 Å². The minimum atomic E-state index is -2.72. The van der Waals surface area contributed by atoms with E-state index in [0.29, 0.717) is 9.10 Å². The Hall–Kier alpha value is -0.650. The van der Waals surface area contributed by atoms with Crippen molar-refractivity contribution in [1.29, 1.82) is 4.78 Å². The number of rotatable bonds is 2. The quantitative estimate of drug-likeness (QED) is 0.843. The molecule has 0 radical (unpaired) electrons. The molecular formula is C8H7NOS3. The molecule has 0 aromatic carbocycles. The Labute approximate surface area is 84.8 Å². The SMILES string of the molecule is N=S(=O)(c1ccsc1)c1cccs1. The van der Waals surface area contributed by atoms with Gasteiger partial charge in [-0.2, -0.15) is 11.3 Å². The maximum atomic E-state index is 12.0. The predicted molar refractivity (Wildman–Crippen MR) is 56.0 cm³/mol. The van der Waals surface area contributed by atoms with Crippen molar-refractivity contribution < 1.29 is 4.21 Å². The van der Waals surface area contributed by atoms with Gasteiger partial charge in [-0.25, -0.2) is 8.99 Å². The first-order valence-corrected chi connectivity index (χ1v) is 6.94. The molecule has 2 aromatic rings. The Morgan fingerprint density at radius 2 is 2.15 bits per heavy atom. The zero-order valence-electron chi connectivity index (χ0n) is 6.60. The average Bonchev–Trinajstić information content (AvgIpc) is 2.78. The molecule has 1 atom stereocenters. The molecule has 2 heterocycles. The van der Waals surface area contributed by atoms with E-state index in [1.807, 2.05) is 16.8 Å². The van der Waals surface area contributed by atoms with Crippen LogP contribution < -0.4 is 0 Å². The van der Waals surface area contributed by atoms with Crippen molar-refractivity contribution in [1.82, 2.24) is 0 Å². The van der Waals surface area contributed by atoms with Gasteiger partial charge in [0.2, 0.25) is 0 Å². The Morgan fingerprint density at radius 1 is 1.31 bits per heavy atom. The average molecular weight is 229 g/mol. The fourth-order valence-electron chi connectivity index (χ4n) is 0.959. The maximum absolute atomic E-state index is 12.0. The van der Waals surface area contributed by atoms with Crippen molar-refractivity contribution in [3.63, 3.8) is 0 Å². The summed E-state index contributed by atoms with van der Waals surface area (Å²) in [4.78, 5) is 0.611. The molecule has 2 nitrogen and oxygen atoms in total. The lowest BCUT2D eigenvalue weighted by Gasteiger charge is -2.00. The second-order valence-electron chi connectivity index (χ2n) is 2.45. The van der Waals surface area contributed by atoms with Crippen LogP contribution in [0.5, 0.6) is 0 Å². The van der Waals surface area contributed by atoms with E-state index >= 15 is 0 Å². The highest BCUT2D eigenvalue weighted by Gasteiger charge is 2.13. The molecule has 0 aliphatic heterocycles. The highest BCUT2D eigenvalue weighted by atomic mass is 32.2. The molecule has 0 fully saturated rings. The summed E-state index contributed by atoms with van der Waals surface area (Å²) < 4.78 is 20.4. The molecule has 68 valence electrons. The van der Waals surface area contributed by atoms with Crippen LogP contribution in [0.3, 0.4) is 0 Å². The molecule has 5 heteroatoms. The smallest absolute Gasteiger partial charge is 0.112 e. The Balaban J connectivity index is 2.56. The summed E-state index contributed by atoms with van der Waals surface area (Å²) in [6, 6.07) is 5.32. The Bertz CT molecular complexity index is 427. The molecular weight excluding hydrogens is 222 g/mol. The third-order valence-electron chi connectivity index (χ3n) is 1.61. The van der Waals surface area contributed by atoms with Crippen LogP contribution >= 0.6 is 22.7 Å². The van der Waals surface area contributed by atoms with Crippen molar-refractivity contribution in [2.45, 2.75) is 9.10 Å². The van der Waals surface area contributed by atoms with Crippen molar-refractivity contribution in [3.8, 4) is 0 Å². The van der Waals surface area contributed by atoms with Crippen molar-refractivity contribution in [2.24, 2.45) is 0 Å². The summed E-state index contributed by atoms with van der Waals surface area (Å²) in [6.45, 7) is 0. The molecule has 0 saturated carbocycles. The maximum Gasteiger partial charge on any atom is 0.112 e. The van der Waals surface area contributed by atoms with Gasteiger partial charge in [0.15, 0.2) is 0 Å². The number of nitrogens with one attached hydrogen (secondary N) is 1. The minimum Gasteiger partial charge on any atom is -0.244 e. The lowest BCUT2D eigenvalue weighted by atomic mass is 10.7. The van der Waals surface area contributed by atoms with Gasteiger partial charge in [0.05, 0.1) is 4.90 Å². The van der Waals surface area contributed by atoms with E-state index in [4.69, 9.17) is 4.78 Å². The molecule has 0 saturated heterocycles. The lowest BCUT2D eigenvalue weighted by molar-refractivity contribution is 0.676. The van der Waals surface area contributed by atoms with Gasteiger partial charge < -0.3 is 0 Å². The lowest BCUT2D eigenvalue weighted by Crippen LogP contribution is -1.94. The summed E-state index contributed by atoms with van der Waals surface area (Å²) in [6.07, 6.45) is 0. The standard InChI is InChI=1S/C8H7NOS3/c9-13(10,7-3-5-11-6-7)8-2-1-4-12-8/h1-6,9H. The van der Waals surface area contributed by atoms with Crippen LogP contribution in [-0.4, -0.2) is 4.21 Å². The van der Waals surface area contributed by atoms with E-state index in [9.17, 15) is 4.21 Å². The van der Waals surface area contributed by atoms with Gasteiger partial charge in [0.1, 0.15) is 13.9 Å². The molecule has 1 unspecified atom stereocenters. The third kappa shape index (κ3) is 1.54. The molecule has 0 aliphatic rings. The van der Waals surface area contributed by atoms with Gasteiger partial charge in [0, 0.05) is 5.38 Å². The van der Waals surface area contributed by atoms with Crippen LogP contribution in [0.4, 0.5) is 0 Å². The highest BCUT2D eigenvalue weighted by Crippen LogP contribution is 2.26. The van der Waals surface area contributed by atoms with Crippen LogP contribution in [0.15, 0.2) is 43.4 Å². The fourth-order valence-corrected chi connectivity index (χ4v) is 4.48. The first-order chi connectivity index (χ1) is 6.21. The second kappa shape index (κ2) is 3.25. The zero-order chi connectivity index (χ0) is 9.31. The van der Waals surface area contributed by atoms with Crippen molar-refractivity contribution in [3.05, 3.63) is 34.3 Å². The van der Waals surface area contributed by atoms with Crippen LogP contribution in [0, 0.1) is 4.78 Å². The molecule has 0 amide bonds. The normalized spacial score (nSPS) is 15.4. The van der Waals surface area contributed by atoms with Gasteiger partial charge in [0.25, 0.3) is 0 Å². The molecule has 0 spiro atoms. The van der Waals surface area contributed by atoms with Crippen molar-refractivity contribution in [2.75, 3.05) is 0 Å². The molecule has 13 heavy (non-hydrogen) atoms. The van der Waals surface area contributed by atoms with Gasteiger partial charge in [-0.05, 0) is 22.9 Å². The van der Waals surface area contributed by atoms with E-state index in [0.717, 1.165) is 0 Å². The summed E-state index contributed by atoms with van der Waals surface area (Å²) in [5.74, 6) is 0. The van der Waals surface area contributed by atoms with E-state index in [-0.39, 0.29) is 0 Å². The van der Waals surface area contributed by atoms with E-state index < -0.39 is 9.73 Å². The molecule has 1 N–H and O–H groups in total. The minimum absolute atomic E-state index is 0.611. The Kier molecular flexibility index (Phi) is 2.23.